The van der Waals surface area contributed by atoms with E-state index in [9.17, 15) is 23.2 Å². The van der Waals surface area contributed by atoms with E-state index in [1.807, 2.05) is 0 Å². The first kappa shape index (κ1) is 18.3. The highest BCUT2D eigenvalue weighted by Gasteiger charge is 2.51. The van der Waals surface area contributed by atoms with Crippen LogP contribution in [-0.2, 0) is 15.1 Å². The molecule has 1 atom stereocenters. The first-order valence-corrected chi connectivity index (χ1v) is 8.70. The van der Waals surface area contributed by atoms with Crippen LogP contribution in [0.2, 0.25) is 0 Å². The highest BCUT2D eigenvalue weighted by Crippen LogP contribution is 2.31. The number of amides is 4. The van der Waals surface area contributed by atoms with Crippen molar-refractivity contribution in [3.63, 3.8) is 0 Å². The van der Waals surface area contributed by atoms with E-state index >= 15 is 0 Å². The van der Waals surface area contributed by atoms with Crippen LogP contribution in [0.4, 0.5) is 13.6 Å². The minimum atomic E-state index is -1.75. The summed E-state index contributed by atoms with van der Waals surface area (Å²) < 4.78 is 27.6. The molecule has 2 saturated heterocycles. The number of benzene rings is 1. The summed E-state index contributed by atoms with van der Waals surface area (Å²) in [5.74, 6) is -2.61. The second-order valence-electron chi connectivity index (χ2n) is 6.87. The fourth-order valence-corrected chi connectivity index (χ4v) is 3.46. The van der Waals surface area contributed by atoms with Crippen molar-refractivity contribution in [2.45, 2.75) is 38.1 Å². The van der Waals surface area contributed by atoms with Crippen molar-refractivity contribution in [3.8, 4) is 0 Å². The normalized spacial score (nSPS) is 23.8. The van der Waals surface area contributed by atoms with Crippen LogP contribution < -0.4 is 5.32 Å². The fourth-order valence-electron chi connectivity index (χ4n) is 3.46. The van der Waals surface area contributed by atoms with Gasteiger partial charge >= 0.3 is 6.03 Å². The maximum atomic E-state index is 14.1. The van der Waals surface area contributed by atoms with Crippen molar-refractivity contribution in [1.29, 1.82) is 0 Å². The van der Waals surface area contributed by atoms with E-state index in [1.54, 1.807) is 4.90 Å². The molecule has 4 amide bonds. The molecule has 2 aliphatic heterocycles. The zero-order valence-electron chi connectivity index (χ0n) is 14.6. The number of urea groups is 1. The third-order valence-electron chi connectivity index (χ3n) is 4.99. The molecule has 6 nitrogen and oxygen atoms in total. The SMILES string of the molecule is CC1(c2cc(F)ccc2F)NC(=O)N(CC(=O)N2CCCCCC2)C1=O. The topological polar surface area (TPSA) is 69.7 Å². The van der Waals surface area contributed by atoms with Gasteiger partial charge < -0.3 is 10.2 Å². The highest BCUT2D eigenvalue weighted by atomic mass is 19.1. The molecule has 0 radical (unpaired) electrons. The smallest absolute Gasteiger partial charge is 0.325 e. The molecular formula is C18H21F2N3O3. The molecule has 0 aromatic heterocycles. The first-order valence-electron chi connectivity index (χ1n) is 8.70. The summed E-state index contributed by atoms with van der Waals surface area (Å²) in [5, 5.41) is 2.40. The second-order valence-corrected chi connectivity index (χ2v) is 6.87. The van der Waals surface area contributed by atoms with Crippen molar-refractivity contribution >= 4 is 17.8 Å². The maximum absolute atomic E-state index is 14.1. The standard InChI is InChI=1S/C18H21F2N3O3/c1-18(13-10-12(19)6-7-14(13)20)16(25)23(17(26)21-18)11-15(24)22-8-4-2-3-5-9-22/h6-7,10H,2-5,8-9,11H2,1H3,(H,21,26). The van der Waals surface area contributed by atoms with Crippen molar-refractivity contribution in [3.05, 3.63) is 35.4 Å². The molecule has 3 rings (SSSR count). The van der Waals surface area contributed by atoms with E-state index in [-0.39, 0.29) is 11.5 Å². The van der Waals surface area contributed by atoms with Gasteiger partial charge in [0, 0.05) is 18.7 Å². The van der Waals surface area contributed by atoms with Gasteiger partial charge in [-0.3, -0.25) is 14.5 Å². The van der Waals surface area contributed by atoms with Crippen LogP contribution in [0.15, 0.2) is 18.2 Å². The lowest BCUT2D eigenvalue weighted by Gasteiger charge is -2.24. The van der Waals surface area contributed by atoms with Gasteiger partial charge in [0.1, 0.15) is 23.7 Å². The summed E-state index contributed by atoms with van der Waals surface area (Å²) in [6.07, 6.45) is 3.86. The van der Waals surface area contributed by atoms with Crippen LogP contribution in [0.25, 0.3) is 0 Å². The second kappa shape index (κ2) is 7.01. The molecule has 1 N–H and O–H groups in total. The predicted octanol–water partition coefficient (Wildman–Crippen LogP) is 2.13. The van der Waals surface area contributed by atoms with Crippen molar-refractivity contribution in [1.82, 2.24) is 15.1 Å². The monoisotopic (exact) mass is 365 g/mol. The highest BCUT2D eigenvalue weighted by molar-refractivity contribution is 6.09. The predicted molar refractivity (Wildman–Crippen MR) is 89.0 cm³/mol. The Morgan fingerprint density at radius 3 is 2.46 bits per heavy atom. The summed E-state index contributed by atoms with van der Waals surface area (Å²) in [5.41, 5.74) is -2.01. The number of likely N-dealkylation sites (tertiary alicyclic amines) is 1. The van der Waals surface area contributed by atoms with E-state index in [0.717, 1.165) is 48.8 Å². The minimum Gasteiger partial charge on any atom is -0.341 e. The van der Waals surface area contributed by atoms with Crippen LogP contribution in [0.1, 0.15) is 38.2 Å². The Kier molecular flexibility index (Phi) is 4.93. The summed E-state index contributed by atoms with van der Waals surface area (Å²) in [4.78, 5) is 39.9. The van der Waals surface area contributed by atoms with E-state index in [4.69, 9.17) is 0 Å². The molecule has 1 aromatic carbocycles. The van der Waals surface area contributed by atoms with Crippen molar-refractivity contribution in [2.24, 2.45) is 0 Å². The molecule has 26 heavy (non-hydrogen) atoms. The molecule has 8 heteroatoms. The van der Waals surface area contributed by atoms with Gasteiger partial charge in [-0.2, -0.15) is 0 Å². The van der Waals surface area contributed by atoms with Crippen LogP contribution in [0, 0.1) is 11.6 Å². The van der Waals surface area contributed by atoms with Gasteiger partial charge in [0.25, 0.3) is 5.91 Å². The molecule has 0 saturated carbocycles. The summed E-state index contributed by atoms with van der Waals surface area (Å²) in [6, 6.07) is 1.93. The maximum Gasteiger partial charge on any atom is 0.325 e. The molecule has 2 heterocycles. The molecule has 140 valence electrons. The zero-order chi connectivity index (χ0) is 18.9. The Morgan fingerprint density at radius 2 is 1.81 bits per heavy atom. The van der Waals surface area contributed by atoms with Gasteiger partial charge in [0.2, 0.25) is 5.91 Å². The van der Waals surface area contributed by atoms with E-state index in [1.165, 1.54) is 6.92 Å². The Balaban J connectivity index is 1.80. The molecule has 0 bridgehead atoms. The molecule has 0 spiro atoms. The van der Waals surface area contributed by atoms with Crippen molar-refractivity contribution < 1.29 is 23.2 Å². The van der Waals surface area contributed by atoms with Crippen LogP contribution in [-0.4, -0.2) is 47.3 Å². The summed E-state index contributed by atoms with van der Waals surface area (Å²) >= 11 is 0. The Bertz CT molecular complexity index is 747. The molecule has 2 aliphatic rings. The van der Waals surface area contributed by atoms with Gasteiger partial charge in [-0.25, -0.2) is 13.6 Å². The van der Waals surface area contributed by atoms with Crippen LogP contribution in [0.5, 0.6) is 0 Å². The van der Waals surface area contributed by atoms with E-state index in [2.05, 4.69) is 5.32 Å². The summed E-state index contributed by atoms with van der Waals surface area (Å²) in [7, 11) is 0. The number of rotatable bonds is 3. The number of carbonyl (C=O) groups excluding carboxylic acids is 3. The molecule has 2 fully saturated rings. The Hall–Kier alpha value is -2.51. The Morgan fingerprint density at radius 1 is 1.15 bits per heavy atom. The van der Waals surface area contributed by atoms with Crippen LogP contribution in [0.3, 0.4) is 0 Å². The summed E-state index contributed by atoms with van der Waals surface area (Å²) in [6.45, 7) is 2.09. The lowest BCUT2D eigenvalue weighted by Crippen LogP contribution is -2.45. The third kappa shape index (κ3) is 3.27. The minimum absolute atomic E-state index is 0.263. The fraction of sp³-hybridized carbons (Fsp3) is 0.500. The number of nitrogens with one attached hydrogen (secondary N) is 1. The van der Waals surface area contributed by atoms with Gasteiger partial charge in [-0.15, -0.1) is 0 Å². The average molecular weight is 365 g/mol. The lowest BCUT2D eigenvalue weighted by atomic mass is 9.91. The van der Waals surface area contributed by atoms with E-state index < -0.39 is 35.7 Å². The van der Waals surface area contributed by atoms with Crippen LogP contribution >= 0.6 is 0 Å². The molecule has 0 aliphatic carbocycles. The number of halogens is 2. The zero-order valence-corrected chi connectivity index (χ0v) is 14.6. The van der Waals surface area contributed by atoms with Gasteiger partial charge in [-0.1, -0.05) is 12.8 Å². The van der Waals surface area contributed by atoms with Crippen molar-refractivity contribution in [2.75, 3.05) is 19.6 Å². The number of nitrogens with zero attached hydrogens (tertiary/aromatic N) is 2. The molecule has 1 aromatic rings. The lowest BCUT2D eigenvalue weighted by molar-refractivity contribution is -0.138. The number of hydrogen-bond acceptors (Lipinski definition) is 3. The number of imide groups is 1. The van der Waals surface area contributed by atoms with E-state index in [0.29, 0.717) is 13.1 Å². The first-order chi connectivity index (χ1) is 12.3. The van der Waals surface area contributed by atoms with Gasteiger partial charge in [0.15, 0.2) is 0 Å². The molecular weight excluding hydrogens is 344 g/mol. The molecule has 1 unspecified atom stereocenters. The number of carbonyl (C=O) groups is 3. The van der Waals surface area contributed by atoms with Gasteiger partial charge in [-0.05, 0) is 38.0 Å². The Labute approximate surface area is 150 Å². The quantitative estimate of drug-likeness (QED) is 0.835. The van der Waals surface area contributed by atoms with Gasteiger partial charge in [0.05, 0.1) is 0 Å². The number of hydrogen-bond donors (Lipinski definition) is 1. The third-order valence-corrected chi connectivity index (χ3v) is 4.99. The average Bonchev–Trinajstić information content (AvgIpc) is 2.82. The largest absolute Gasteiger partial charge is 0.341 e.